The molecule has 0 fully saturated rings. The minimum absolute atomic E-state index is 0.312. The molecule has 0 saturated carbocycles. The van der Waals surface area contributed by atoms with Gasteiger partial charge in [-0.2, -0.15) is 0 Å². The summed E-state index contributed by atoms with van der Waals surface area (Å²) in [7, 11) is 0. The molecule has 21 heavy (non-hydrogen) atoms. The molecule has 0 saturated heterocycles. The van der Waals surface area contributed by atoms with Gasteiger partial charge in [0.05, 0.1) is 21.6 Å². The van der Waals surface area contributed by atoms with Gasteiger partial charge in [0.1, 0.15) is 17.2 Å². The predicted octanol–water partition coefficient (Wildman–Crippen LogP) is 5.43. The lowest BCUT2D eigenvalue weighted by Gasteiger charge is -2.12. The van der Waals surface area contributed by atoms with E-state index in [4.69, 9.17) is 23.2 Å². The van der Waals surface area contributed by atoms with Gasteiger partial charge in [-0.25, -0.2) is 9.37 Å². The van der Waals surface area contributed by atoms with E-state index in [9.17, 15) is 4.39 Å². The molecule has 1 aromatic heterocycles. The first-order valence-corrected chi connectivity index (χ1v) is 7.38. The number of nitrogens with zero attached hydrogens (tertiary/aromatic N) is 2. The van der Waals surface area contributed by atoms with Crippen molar-refractivity contribution in [1.82, 2.24) is 9.55 Å². The predicted molar refractivity (Wildman–Crippen MR) is 85.0 cm³/mol. The van der Waals surface area contributed by atoms with E-state index in [-0.39, 0.29) is 11.2 Å². The standard InChI is InChI=1S/C16H13Cl2FN2/c1-9-6-7-13(12(19)8-9)21-14-5-3-4-11(18)15(14)20-16(21)10(2)17/h3-8,10H,1-2H3. The molecule has 0 aliphatic heterocycles. The molecule has 0 N–H and O–H groups in total. The average molecular weight is 323 g/mol. The van der Waals surface area contributed by atoms with Crippen molar-refractivity contribution < 1.29 is 4.39 Å². The molecule has 1 atom stereocenters. The summed E-state index contributed by atoms with van der Waals surface area (Å²) in [5, 5.41) is 0.159. The lowest BCUT2D eigenvalue weighted by molar-refractivity contribution is 0.615. The molecular weight excluding hydrogens is 310 g/mol. The smallest absolute Gasteiger partial charge is 0.147 e. The first kappa shape index (κ1) is 14.4. The summed E-state index contributed by atoms with van der Waals surface area (Å²) in [5.74, 6) is 0.260. The number of para-hydroxylation sites is 1. The van der Waals surface area contributed by atoms with Crippen LogP contribution in [0.5, 0.6) is 0 Å². The molecule has 0 spiro atoms. The molecule has 0 radical (unpaired) electrons. The van der Waals surface area contributed by atoms with Crippen LogP contribution >= 0.6 is 23.2 Å². The summed E-state index contributed by atoms with van der Waals surface area (Å²) in [6.07, 6.45) is 0. The van der Waals surface area contributed by atoms with Crippen molar-refractivity contribution >= 4 is 34.2 Å². The van der Waals surface area contributed by atoms with Crippen molar-refractivity contribution in [3.05, 3.63) is 58.6 Å². The van der Waals surface area contributed by atoms with Crippen LogP contribution in [0, 0.1) is 12.7 Å². The quantitative estimate of drug-likeness (QED) is 0.575. The number of hydrogen-bond donors (Lipinski definition) is 0. The van der Waals surface area contributed by atoms with Gasteiger partial charge in [0.2, 0.25) is 0 Å². The maximum Gasteiger partial charge on any atom is 0.147 e. The molecule has 0 aliphatic carbocycles. The number of aryl methyl sites for hydroxylation is 1. The molecule has 0 bridgehead atoms. The number of aromatic nitrogens is 2. The molecule has 0 amide bonds. The van der Waals surface area contributed by atoms with Crippen molar-refractivity contribution in [2.24, 2.45) is 0 Å². The number of hydrogen-bond acceptors (Lipinski definition) is 1. The molecule has 0 aliphatic rings. The second-order valence-electron chi connectivity index (χ2n) is 4.98. The van der Waals surface area contributed by atoms with E-state index < -0.39 is 0 Å². The third-order valence-electron chi connectivity index (χ3n) is 3.36. The van der Waals surface area contributed by atoms with E-state index in [1.54, 1.807) is 23.6 Å². The van der Waals surface area contributed by atoms with Gasteiger partial charge >= 0.3 is 0 Å². The highest BCUT2D eigenvalue weighted by Gasteiger charge is 2.19. The second-order valence-corrected chi connectivity index (χ2v) is 6.05. The summed E-state index contributed by atoms with van der Waals surface area (Å²) in [4.78, 5) is 4.48. The van der Waals surface area contributed by atoms with Gasteiger partial charge < -0.3 is 0 Å². The number of halogens is 3. The fraction of sp³-hybridized carbons (Fsp3) is 0.188. The number of rotatable bonds is 2. The summed E-state index contributed by atoms with van der Waals surface area (Å²) in [5.41, 5.74) is 2.65. The van der Waals surface area contributed by atoms with Crippen molar-refractivity contribution in [2.75, 3.05) is 0 Å². The Balaban J connectivity index is 2.39. The van der Waals surface area contributed by atoms with Gasteiger partial charge in [0.15, 0.2) is 0 Å². The Morgan fingerprint density at radius 3 is 2.67 bits per heavy atom. The number of imidazole rings is 1. The van der Waals surface area contributed by atoms with Crippen LogP contribution in [0.3, 0.4) is 0 Å². The summed E-state index contributed by atoms with van der Waals surface area (Å²) < 4.78 is 16.1. The number of fused-ring (bicyclic) bond motifs is 1. The summed E-state index contributed by atoms with van der Waals surface area (Å²) in [6.45, 7) is 3.65. The molecule has 1 heterocycles. The summed E-state index contributed by atoms with van der Waals surface area (Å²) >= 11 is 12.4. The van der Waals surface area contributed by atoms with Gasteiger partial charge in [-0.05, 0) is 43.7 Å². The zero-order valence-corrected chi connectivity index (χ0v) is 13.1. The molecule has 3 rings (SSSR count). The Kier molecular flexibility index (Phi) is 3.64. The number of alkyl halides is 1. The fourth-order valence-corrected chi connectivity index (χ4v) is 2.75. The second kappa shape index (κ2) is 5.32. The molecule has 2 aromatic carbocycles. The highest BCUT2D eigenvalue weighted by atomic mass is 35.5. The monoisotopic (exact) mass is 322 g/mol. The third-order valence-corrected chi connectivity index (χ3v) is 3.86. The zero-order chi connectivity index (χ0) is 15.1. The Hall–Kier alpha value is -1.58. The van der Waals surface area contributed by atoms with Gasteiger partial charge in [0, 0.05) is 0 Å². The minimum Gasteiger partial charge on any atom is -0.292 e. The minimum atomic E-state index is -0.367. The molecule has 108 valence electrons. The van der Waals surface area contributed by atoms with Crippen LogP contribution in [0.2, 0.25) is 5.02 Å². The van der Waals surface area contributed by atoms with E-state index in [2.05, 4.69) is 4.98 Å². The highest BCUT2D eigenvalue weighted by Crippen LogP contribution is 2.32. The summed E-state index contributed by atoms with van der Waals surface area (Å²) in [6, 6.07) is 10.5. The molecule has 2 nitrogen and oxygen atoms in total. The van der Waals surface area contributed by atoms with Crippen molar-refractivity contribution in [3.63, 3.8) is 0 Å². The van der Waals surface area contributed by atoms with Gasteiger partial charge in [0.25, 0.3) is 0 Å². The van der Waals surface area contributed by atoms with Crippen molar-refractivity contribution in [1.29, 1.82) is 0 Å². The van der Waals surface area contributed by atoms with Crippen molar-refractivity contribution in [3.8, 4) is 5.69 Å². The Morgan fingerprint density at radius 1 is 1.24 bits per heavy atom. The average Bonchev–Trinajstić information content (AvgIpc) is 2.80. The molecule has 3 aromatic rings. The maximum atomic E-state index is 14.4. The largest absolute Gasteiger partial charge is 0.292 e. The Bertz CT molecular complexity index is 825. The maximum absolute atomic E-state index is 14.4. The van der Waals surface area contributed by atoms with E-state index in [1.165, 1.54) is 6.07 Å². The molecular formula is C16H13Cl2FN2. The van der Waals surface area contributed by atoms with Crippen molar-refractivity contribution in [2.45, 2.75) is 19.2 Å². The number of benzene rings is 2. The zero-order valence-electron chi connectivity index (χ0n) is 11.6. The van der Waals surface area contributed by atoms with Crippen LogP contribution in [0.15, 0.2) is 36.4 Å². The van der Waals surface area contributed by atoms with Crippen LogP contribution in [0.25, 0.3) is 16.7 Å². The van der Waals surface area contributed by atoms with Crippen LogP contribution in [0.1, 0.15) is 23.7 Å². The first-order valence-electron chi connectivity index (χ1n) is 6.56. The topological polar surface area (TPSA) is 17.8 Å². The van der Waals surface area contributed by atoms with Crippen LogP contribution in [-0.4, -0.2) is 9.55 Å². The van der Waals surface area contributed by atoms with Crippen LogP contribution < -0.4 is 0 Å². The van der Waals surface area contributed by atoms with E-state index in [1.807, 2.05) is 25.1 Å². The molecule has 5 heteroatoms. The highest BCUT2D eigenvalue weighted by molar-refractivity contribution is 6.35. The SMILES string of the molecule is Cc1ccc(-n2c(C(C)Cl)nc3c(Cl)cccc32)c(F)c1. The van der Waals surface area contributed by atoms with Gasteiger partial charge in [-0.1, -0.05) is 23.7 Å². The van der Waals surface area contributed by atoms with Gasteiger partial charge in [-0.3, -0.25) is 4.57 Å². The normalized spacial score (nSPS) is 12.8. The van der Waals surface area contributed by atoms with E-state index in [0.717, 1.165) is 11.1 Å². The fourth-order valence-electron chi connectivity index (χ4n) is 2.40. The van der Waals surface area contributed by atoms with Gasteiger partial charge in [-0.15, -0.1) is 11.6 Å². The van der Waals surface area contributed by atoms with E-state index in [0.29, 0.717) is 22.1 Å². The Labute approximate surface area is 132 Å². The molecule has 1 unspecified atom stereocenters. The lowest BCUT2D eigenvalue weighted by Crippen LogP contribution is -2.04. The Morgan fingerprint density at radius 2 is 2.00 bits per heavy atom. The van der Waals surface area contributed by atoms with E-state index >= 15 is 0 Å². The lowest BCUT2D eigenvalue weighted by atomic mass is 10.2. The van der Waals surface area contributed by atoms with Crippen LogP contribution in [-0.2, 0) is 0 Å². The third kappa shape index (κ3) is 2.41. The first-order chi connectivity index (χ1) is 9.99. The van der Waals surface area contributed by atoms with Crippen LogP contribution in [0.4, 0.5) is 4.39 Å².